The van der Waals surface area contributed by atoms with Gasteiger partial charge in [0.2, 0.25) is 0 Å². The van der Waals surface area contributed by atoms with Crippen molar-refractivity contribution in [3.63, 3.8) is 0 Å². The first-order chi connectivity index (χ1) is 9.72. The molecule has 3 rings (SSSR count). The van der Waals surface area contributed by atoms with Crippen LogP contribution in [0.1, 0.15) is 39.0 Å². The highest BCUT2D eigenvalue weighted by atomic mass is 35.5. The average molecular weight is 289 g/mol. The predicted octanol–water partition coefficient (Wildman–Crippen LogP) is 5.27. The lowest BCUT2D eigenvalue weighted by atomic mass is 10.0. The molecule has 2 atom stereocenters. The van der Waals surface area contributed by atoms with E-state index in [1.54, 1.807) is 0 Å². The fraction of sp³-hybridized carbons (Fsp3) is 0.471. The van der Waals surface area contributed by atoms with Crippen molar-refractivity contribution in [3.8, 4) is 0 Å². The standard InChI is InChI=1S/C17H21ClN2/c1-12-3-2-4-14(7-5-12)20-16-9-10-19-17-11-13(18)6-8-15(16)17/h6,8-12,14H,2-5,7H2,1H3,(H,19,20). The van der Waals surface area contributed by atoms with Crippen LogP contribution >= 0.6 is 11.6 Å². The molecule has 0 spiro atoms. The highest BCUT2D eigenvalue weighted by molar-refractivity contribution is 6.31. The largest absolute Gasteiger partial charge is 0.382 e. The van der Waals surface area contributed by atoms with Crippen LogP contribution in [-0.2, 0) is 0 Å². The summed E-state index contributed by atoms with van der Waals surface area (Å²) in [7, 11) is 0. The predicted molar refractivity (Wildman–Crippen MR) is 86.4 cm³/mol. The maximum atomic E-state index is 6.04. The molecule has 2 nitrogen and oxygen atoms in total. The van der Waals surface area contributed by atoms with Gasteiger partial charge in [-0.15, -0.1) is 0 Å². The first-order valence-corrected chi connectivity index (χ1v) is 7.91. The Morgan fingerprint density at radius 3 is 2.95 bits per heavy atom. The highest BCUT2D eigenvalue weighted by Crippen LogP contribution is 2.29. The Balaban J connectivity index is 1.83. The van der Waals surface area contributed by atoms with Gasteiger partial charge in [0, 0.05) is 28.3 Å². The zero-order chi connectivity index (χ0) is 13.9. The van der Waals surface area contributed by atoms with Gasteiger partial charge in [-0.3, -0.25) is 4.98 Å². The zero-order valence-corrected chi connectivity index (χ0v) is 12.7. The monoisotopic (exact) mass is 288 g/mol. The van der Waals surface area contributed by atoms with Gasteiger partial charge in [0.1, 0.15) is 0 Å². The lowest BCUT2D eigenvalue weighted by molar-refractivity contribution is 0.502. The number of fused-ring (bicyclic) bond motifs is 1. The molecule has 1 saturated carbocycles. The van der Waals surface area contributed by atoms with Gasteiger partial charge in [-0.05, 0) is 49.4 Å². The summed E-state index contributed by atoms with van der Waals surface area (Å²) in [5.41, 5.74) is 2.15. The van der Waals surface area contributed by atoms with Crippen molar-refractivity contribution in [1.82, 2.24) is 4.98 Å². The van der Waals surface area contributed by atoms with Crippen LogP contribution < -0.4 is 5.32 Å². The highest BCUT2D eigenvalue weighted by Gasteiger charge is 2.16. The fourth-order valence-corrected chi connectivity index (χ4v) is 3.26. The Labute approximate surface area is 125 Å². The number of rotatable bonds is 2. The molecular weight excluding hydrogens is 268 g/mol. The Bertz CT molecular complexity index is 597. The van der Waals surface area contributed by atoms with E-state index in [1.807, 2.05) is 18.3 Å². The third-order valence-electron chi connectivity index (χ3n) is 4.32. The number of nitrogens with one attached hydrogen (secondary N) is 1. The topological polar surface area (TPSA) is 24.9 Å². The van der Waals surface area contributed by atoms with Crippen LogP contribution in [0.4, 0.5) is 5.69 Å². The van der Waals surface area contributed by atoms with Gasteiger partial charge in [0.15, 0.2) is 0 Å². The number of benzene rings is 1. The van der Waals surface area contributed by atoms with E-state index >= 15 is 0 Å². The molecule has 1 aliphatic carbocycles. The maximum Gasteiger partial charge on any atom is 0.0737 e. The van der Waals surface area contributed by atoms with E-state index in [-0.39, 0.29) is 0 Å². The number of hydrogen-bond acceptors (Lipinski definition) is 2. The summed E-state index contributed by atoms with van der Waals surface area (Å²) in [5, 5.41) is 5.62. The first kappa shape index (κ1) is 13.7. The second-order valence-electron chi connectivity index (χ2n) is 5.97. The molecule has 20 heavy (non-hydrogen) atoms. The molecule has 2 aromatic rings. The minimum atomic E-state index is 0.584. The number of halogens is 1. The Morgan fingerprint density at radius 1 is 1.15 bits per heavy atom. The number of aromatic nitrogens is 1. The molecule has 3 heteroatoms. The molecule has 0 amide bonds. The van der Waals surface area contributed by atoms with Gasteiger partial charge in [0.25, 0.3) is 0 Å². The van der Waals surface area contributed by atoms with Crippen LogP contribution in [0.3, 0.4) is 0 Å². The van der Waals surface area contributed by atoms with E-state index in [0.717, 1.165) is 21.8 Å². The molecule has 0 saturated heterocycles. The van der Waals surface area contributed by atoms with Gasteiger partial charge in [0.05, 0.1) is 5.52 Å². The van der Waals surface area contributed by atoms with Crippen molar-refractivity contribution in [2.45, 2.75) is 45.1 Å². The van der Waals surface area contributed by atoms with E-state index in [4.69, 9.17) is 11.6 Å². The molecule has 106 valence electrons. The summed E-state index contributed by atoms with van der Waals surface area (Å²) in [6, 6.07) is 8.58. The molecule has 1 fully saturated rings. The van der Waals surface area contributed by atoms with Crippen molar-refractivity contribution >= 4 is 28.2 Å². The summed E-state index contributed by atoms with van der Waals surface area (Å²) in [6.45, 7) is 2.37. The first-order valence-electron chi connectivity index (χ1n) is 7.53. The van der Waals surface area contributed by atoms with Crippen LogP contribution in [0.2, 0.25) is 5.02 Å². The minimum absolute atomic E-state index is 0.584. The normalized spacial score (nSPS) is 23.5. The van der Waals surface area contributed by atoms with Gasteiger partial charge < -0.3 is 5.32 Å². The van der Waals surface area contributed by atoms with E-state index < -0.39 is 0 Å². The van der Waals surface area contributed by atoms with Crippen molar-refractivity contribution in [2.24, 2.45) is 5.92 Å². The molecule has 0 aliphatic heterocycles. The van der Waals surface area contributed by atoms with Crippen molar-refractivity contribution < 1.29 is 0 Å². The summed E-state index contributed by atoms with van der Waals surface area (Å²) in [6.07, 6.45) is 8.41. The summed E-state index contributed by atoms with van der Waals surface area (Å²) in [4.78, 5) is 4.40. The number of hydrogen-bond donors (Lipinski definition) is 1. The Kier molecular flexibility index (Phi) is 4.11. The van der Waals surface area contributed by atoms with E-state index in [1.165, 1.54) is 37.8 Å². The van der Waals surface area contributed by atoms with E-state index in [0.29, 0.717) is 6.04 Å². The lowest BCUT2D eigenvalue weighted by Crippen LogP contribution is -2.18. The average Bonchev–Trinajstić information content (AvgIpc) is 2.64. The Hall–Kier alpha value is -1.28. The smallest absolute Gasteiger partial charge is 0.0737 e. The number of anilines is 1. The number of pyridine rings is 1. The third-order valence-corrected chi connectivity index (χ3v) is 4.56. The third kappa shape index (κ3) is 3.06. The molecule has 1 aromatic heterocycles. The lowest BCUT2D eigenvalue weighted by Gasteiger charge is -2.19. The molecule has 0 radical (unpaired) electrons. The van der Waals surface area contributed by atoms with Gasteiger partial charge in [-0.2, -0.15) is 0 Å². The maximum absolute atomic E-state index is 6.04. The number of nitrogens with zero attached hydrogens (tertiary/aromatic N) is 1. The summed E-state index contributed by atoms with van der Waals surface area (Å²) < 4.78 is 0. The van der Waals surface area contributed by atoms with Crippen LogP contribution in [0.15, 0.2) is 30.5 Å². The van der Waals surface area contributed by atoms with Crippen LogP contribution in [0.5, 0.6) is 0 Å². The fourth-order valence-electron chi connectivity index (χ4n) is 3.10. The zero-order valence-electron chi connectivity index (χ0n) is 11.9. The molecule has 1 aliphatic rings. The molecular formula is C17H21ClN2. The summed E-state index contributed by atoms with van der Waals surface area (Å²) >= 11 is 6.04. The molecule has 0 bridgehead atoms. The SMILES string of the molecule is CC1CCCC(Nc2ccnc3cc(Cl)ccc23)CC1. The van der Waals surface area contributed by atoms with Crippen LogP contribution in [0, 0.1) is 5.92 Å². The minimum Gasteiger partial charge on any atom is -0.382 e. The second kappa shape index (κ2) is 6.01. The quantitative estimate of drug-likeness (QED) is 0.762. The van der Waals surface area contributed by atoms with Gasteiger partial charge in [-0.25, -0.2) is 0 Å². The molecule has 1 N–H and O–H groups in total. The van der Waals surface area contributed by atoms with Gasteiger partial charge >= 0.3 is 0 Å². The van der Waals surface area contributed by atoms with Crippen molar-refractivity contribution in [2.75, 3.05) is 5.32 Å². The van der Waals surface area contributed by atoms with E-state index in [2.05, 4.69) is 29.4 Å². The van der Waals surface area contributed by atoms with Crippen LogP contribution in [-0.4, -0.2) is 11.0 Å². The molecule has 2 unspecified atom stereocenters. The van der Waals surface area contributed by atoms with Crippen molar-refractivity contribution in [3.05, 3.63) is 35.5 Å². The van der Waals surface area contributed by atoms with E-state index in [9.17, 15) is 0 Å². The van der Waals surface area contributed by atoms with Crippen molar-refractivity contribution in [1.29, 1.82) is 0 Å². The van der Waals surface area contributed by atoms with Crippen LogP contribution in [0.25, 0.3) is 10.9 Å². The van der Waals surface area contributed by atoms with Gasteiger partial charge in [-0.1, -0.05) is 31.4 Å². The second-order valence-corrected chi connectivity index (χ2v) is 6.41. The molecule has 1 heterocycles. The molecule has 1 aromatic carbocycles. The summed E-state index contributed by atoms with van der Waals surface area (Å²) in [5.74, 6) is 0.870. The Morgan fingerprint density at radius 2 is 2.05 bits per heavy atom.